The molecule has 0 fully saturated rings. The fourth-order valence-electron chi connectivity index (χ4n) is 6.01. The summed E-state index contributed by atoms with van der Waals surface area (Å²) in [7, 11) is 0. The van der Waals surface area contributed by atoms with E-state index in [2.05, 4.69) is 126 Å². The Morgan fingerprint density at radius 2 is 1.24 bits per heavy atom. The van der Waals surface area contributed by atoms with Gasteiger partial charge < -0.3 is 0 Å². The molecule has 0 N–H and O–H groups in total. The number of thiophene rings is 1. The van der Waals surface area contributed by atoms with Gasteiger partial charge in [-0.1, -0.05) is 97.1 Å². The lowest BCUT2D eigenvalue weighted by Gasteiger charge is -2.18. The number of benzene rings is 4. The zero-order valence-corrected chi connectivity index (χ0v) is 21.6. The summed E-state index contributed by atoms with van der Waals surface area (Å²) in [5.41, 5.74) is 9.93. The Kier molecular flexibility index (Phi) is 4.86. The van der Waals surface area contributed by atoms with Crippen molar-refractivity contribution in [2.45, 2.75) is 12.8 Å². The van der Waals surface area contributed by atoms with Crippen LogP contribution in [0.2, 0.25) is 0 Å². The summed E-state index contributed by atoms with van der Waals surface area (Å²) in [6.45, 7) is 0. The smallest absolute Gasteiger partial charge is 0.138 e. The van der Waals surface area contributed by atoms with Crippen molar-refractivity contribution >= 4 is 32.3 Å². The Labute approximate surface area is 225 Å². The third-order valence-electron chi connectivity index (χ3n) is 7.74. The van der Waals surface area contributed by atoms with Gasteiger partial charge in [-0.2, -0.15) is 0 Å². The third-order valence-corrected chi connectivity index (χ3v) is 8.96. The van der Waals surface area contributed by atoms with E-state index in [0.717, 1.165) is 29.9 Å². The first-order valence-corrected chi connectivity index (χ1v) is 13.9. The lowest BCUT2D eigenvalue weighted by atomic mass is 9.92. The van der Waals surface area contributed by atoms with Gasteiger partial charge in [0.2, 0.25) is 0 Å². The van der Waals surface area contributed by atoms with Crippen molar-refractivity contribution in [2.75, 3.05) is 0 Å². The molecule has 180 valence electrons. The van der Waals surface area contributed by atoms with E-state index in [1.807, 2.05) is 11.3 Å². The van der Waals surface area contributed by atoms with E-state index in [1.54, 1.807) is 0 Å². The molecule has 3 heteroatoms. The number of hydrogen-bond donors (Lipinski definition) is 0. The van der Waals surface area contributed by atoms with Crippen molar-refractivity contribution in [1.82, 2.24) is 9.55 Å². The fourth-order valence-corrected chi connectivity index (χ4v) is 7.32. The second-order valence-corrected chi connectivity index (χ2v) is 11.0. The molecule has 7 aromatic rings. The lowest BCUT2D eigenvalue weighted by Crippen LogP contribution is -2.06. The maximum Gasteiger partial charge on any atom is 0.138 e. The molecule has 0 radical (unpaired) electrons. The minimum atomic E-state index is 0.966. The predicted octanol–water partition coefficient (Wildman–Crippen LogP) is 9.34. The van der Waals surface area contributed by atoms with Crippen LogP contribution in [0.15, 0.2) is 121 Å². The highest BCUT2D eigenvalue weighted by atomic mass is 32.1. The zero-order valence-electron chi connectivity index (χ0n) is 20.8. The van der Waals surface area contributed by atoms with Crippen LogP contribution in [0.25, 0.3) is 59.8 Å². The van der Waals surface area contributed by atoms with Gasteiger partial charge in [-0.15, -0.1) is 11.3 Å². The molecule has 8 rings (SSSR count). The van der Waals surface area contributed by atoms with E-state index in [1.165, 1.54) is 53.8 Å². The van der Waals surface area contributed by atoms with E-state index in [-0.39, 0.29) is 0 Å². The first-order chi connectivity index (χ1) is 18.8. The number of rotatable bonds is 3. The van der Waals surface area contributed by atoms with E-state index in [9.17, 15) is 0 Å². The first-order valence-electron chi connectivity index (χ1n) is 13.1. The second-order valence-electron chi connectivity index (χ2n) is 9.92. The third kappa shape index (κ3) is 3.29. The van der Waals surface area contributed by atoms with E-state index in [0.29, 0.717) is 0 Å². The molecule has 0 bridgehead atoms. The summed E-state index contributed by atoms with van der Waals surface area (Å²) in [5, 5.41) is 2.73. The van der Waals surface area contributed by atoms with E-state index >= 15 is 0 Å². The molecule has 0 amide bonds. The largest absolute Gasteiger partial charge is 0.293 e. The molecule has 0 aliphatic heterocycles. The molecule has 0 saturated carbocycles. The molecule has 0 spiro atoms. The Bertz CT molecular complexity index is 1900. The molecule has 1 aliphatic rings. The van der Waals surface area contributed by atoms with Crippen molar-refractivity contribution in [1.29, 1.82) is 0 Å². The highest BCUT2D eigenvalue weighted by Crippen LogP contribution is 2.48. The van der Waals surface area contributed by atoms with Crippen LogP contribution in [0, 0.1) is 0 Å². The van der Waals surface area contributed by atoms with Crippen LogP contribution in [0.4, 0.5) is 0 Å². The van der Waals surface area contributed by atoms with Crippen molar-refractivity contribution in [3.8, 4) is 38.8 Å². The van der Waals surface area contributed by atoms with Gasteiger partial charge >= 0.3 is 0 Å². The van der Waals surface area contributed by atoms with Crippen LogP contribution in [0.3, 0.4) is 0 Å². The molecular formula is C35H24N2S. The van der Waals surface area contributed by atoms with Crippen LogP contribution in [-0.2, 0) is 12.8 Å². The minimum absolute atomic E-state index is 0.966. The molecule has 38 heavy (non-hydrogen) atoms. The Morgan fingerprint density at radius 3 is 2.05 bits per heavy atom. The number of nitrogens with zero attached hydrogens (tertiary/aromatic N) is 2. The summed E-state index contributed by atoms with van der Waals surface area (Å²) in [6.07, 6.45) is 2.12. The van der Waals surface area contributed by atoms with Crippen LogP contribution in [-0.4, -0.2) is 9.55 Å². The zero-order chi connectivity index (χ0) is 25.1. The average molecular weight is 505 g/mol. The van der Waals surface area contributed by atoms with Crippen molar-refractivity contribution in [3.05, 3.63) is 132 Å². The molecule has 3 aromatic heterocycles. The van der Waals surface area contributed by atoms with Gasteiger partial charge in [0.1, 0.15) is 5.82 Å². The van der Waals surface area contributed by atoms with Gasteiger partial charge in [-0.3, -0.25) is 4.57 Å². The van der Waals surface area contributed by atoms with Gasteiger partial charge in [-0.05, 0) is 64.7 Å². The summed E-state index contributed by atoms with van der Waals surface area (Å²) >= 11 is 1.92. The number of pyridine rings is 1. The Balaban J connectivity index is 1.47. The van der Waals surface area contributed by atoms with E-state index in [4.69, 9.17) is 4.98 Å². The number of fused-ring (bicyclic) bond motifs is 7. The highest BCUT2D eigenvalue weighted by Gasteiger charge is 2.28. The predicted molar refractivity (Wildman–Crippen MR) is 160 cm³/mol. The van der Waals surface area contributed by atoms with Gasteiger partial charge in [0.05, 0.1) is 21.8 Å². The monoisotopic (exact) mass is 504 g/mol. The Morgan fingerprint density at radius 1 is 0.579 bits per heavy atom. The second kappa shape index (κ2) is 8.54. The molecule has 1 aliphatic carbocycles. The molecular weight excluding hydrogens is 480 g/mol. The van der Waals surface area contributed by atoms with Crippen LogP contribution in [0.1, 0.15) is 11.1 Å². The number of aryl methyl sites for hydroxylation is 2. The quantitative estimate of drug-likeness (QED) is 0.234. The van der Waals surface area contributed by atoms with Crippen molar-refractivity contribution in [2.24, 2.45) is 0 Å². The molecule has 4 aromatic carbocycles. The minimum Gasteiger partial charge on any atom is -0.293 e. The van der Waals surface area contributed by atoms with E-state index < -0.39 is 0 Å². The molecule has 0 saturated heterocycles. The lowest BCUT2D eigenvalue weighted by molar-refractivity contribution is 0.942. The molecule has 0 atom stereocenters. The van der Waals surface area contributed by atoms with Crippen LogP contribution < -0.4 is 0 Å². The van der Waals surface area contributed by atoms with Crippen LogP contribution >= 0.6 is 11.3 Å². The highest BCUT2D eigenvalue weighted by molar-refractivity contribution is 7.22. The topological polar surface area (TPSA) is 17.8 Å². The molecule has 2 nitrogen and oxygen atoms in total. The molecule has 3 heterocycles. The average Bonchev–Trinajstić information content (AvgIpc) is 3.54. The maximum absolute atomic E-state index is 5.32. The summed E-state index contributed by atoms with van der Waals surface area (Å²) < 4.78 is 3.79. The summed E-state index contributed by atoms with van der Waals surface area (Å²) in [5.74, 6) is 0.966. The number of aromatic nitrogens is 2. The van der Waals surface area contributed by atoms with Crippen molar-refractivity contribution < 1.29 is 0 Å². The SMILES string of the molecule is c1ccc(-c2cc(-c3ccccc3)nc(-n3c4c(c5ccccc53)CCc3c-4sc4ccccc34)c2)cc1. The summed E-state index contributed by atoms with van der Waals surface area (Å²) in [6, 6.07) is 43.3. The van der Waals surface area contributed by atoms with Gasteiger partial charge in [0.25, 0.3) is 0 Å². The number of hydrogen-bond acceptors (Lipinski definition) is 2. The maximum atomic E-state index is 5.32. The van der Waals surface area contributed by atoms with Gasteiger partial charge in [0.15, 0.2) is 0 Å². The Hall–Kier alpha value is -4.47. The standard InChI is InChI=1S/C35H24N2S/c1-3-11-23(12-4-1)25-21-30(24-13-5-2-6-14-24)36-33(22-25)37-31-17-9-7-15-26(31)28-19-20-29-27-16-8-10-18-32(27)38-35(29)34(28)37/h1-18,21-22H,19-20H2. The summed E-state index contributed by atoms with van der Waals surface area (Å²) in [4.78, 5) is 6.71. The van der Waals surface area contributed by atoms with Crippen molar-refractivity contribution in [3.63, 3.8) is 0 Å². The normalized spacial score (nSPS) is 12.5. The molecule has 0 unspecified atom stereocenters. The van der Waals surface area contributed by atoms with Gasteiger partial charge in [0, 0.05) is 15.6 Å². The van der Waals surface area contributed by atoms with Crippen LogP contribution in [0.5, 0.6) is 0 Å². The number of para-hydroxylation sites is 1. The van der Waals surface area contributed by atoms with Gasteiger partial charge in [-0.25, -0.2) is 4.98 Å². The fraction of sp³-hybridized carbons (Fsp3) is 0.0571. The first kappa shape index (κ1) is 21.6.